The van der Waals surface area contributed by atoms with E-state index in [2.05, 4.69) is 12.2 Å². The van der Waals surface area contributed by atoms with Crippen LogP contribution in [0, 0.1) is 0 Å². The van der Waals surface area contributed by atoms with Crippen molar-refractivity contribution in [3.05, 3.63) is 71.6 Å². The number of fused-ring (bicyclic) bond motifs is 2. The largest absolute Gasteiger partial charge is 0.542 e. The van der Waals surface area contributed by atoms with E-state index in [4.69, 9.17) is 25.5 Å². The summed E-state index contributed by atoms with van der Waals surface area (Å²) in [5, 5.41) is 19.5. The van der Waals surface area contributed by atoms with E-state index in [9.17, 15) is 22.8 Å². The van der Waals surface area contributed by atoms with Crippen LogP contribution >= 0.6 is 0 Å². The maximum Gasteiger partial charge on any atom is 0.430 e. The fourth-order valence-corrected chi connectivity index (χ4v) is 4.92. The Balaban J connectivity index is 0.000000707. The van der Waals surface area contributed by atoms with Gasteiger partial charge in [0.15, 0.2) is 11.1 Å². The zero-order valence-corrected chi connectivity index (χ0v) is 25.2. The Morgan fingerprint density at radius 3 is 2.27 bits per heavy atom. The number of rotatable bonds is 14. The fraction of sp³-hybridized carbons (Fsp3) is 0.353. The zero-order valence-electron chi connectivity index (χ0n) is 25.2. The predicted octanol–water partition coefficient (Wildman–Crippen LogP) is 4.23. The van der Waals surface area contributed by atoms with Crippen molar-refractivity contribution in [3.8, 4) is 22.5 Å². The van der Waals surface area contributed by atoms with E-state index in [0.29, 0.717) is 47.3 Å². The first-order chi connectivity index (χ1) is 21.4. The molecule has 0 fully saturated rings. The molecule has 1 aliphatic heterocycles. The number of anilines is 1. The quantitative estimate of drug-likeness (QED) is 0.0821. The Kier molecular flexibility index (Phi) is 12.8. The van der Waals surface area contributed by atoms with E-state index in [1.165, 1.54) is 0 Å². The van der Waals surface area contributed by atoms with E-state index >= 15 is 0 Å². The number of hydrogen-bond acceptors (Lipinski definition) is 7. The molecule has 0 aromatic heterocycles. The summed E-state index contributed by atoms with van der Waals surface area (Å²) < 4.78 is 37.7. The number of Topliss-reactive ketones (excluding diaryl/α,β-unsaturated/α-hetero) is 2. The van der Waals surface area contributed by atoms with Crippen LogP contribution in [0.1, 0.15) is 68.6 Å². The number of nitrogen functional groups attached to an aromatic ring is 1. The Morgan fingerprint density at radius 1 is 0.911 bits per heavy atom. The molecule has 0 amide bonds. The van der Waals surface area contributed by atoms with Crippen LogP contribution in [0.4, 0.5) is 18.9 Å². The molecule has 8 nitrogen and oxygen atoms in total. The van der Waals surface area contributed by atoms with Crippen LogP contribution in [0.2, 0.25) is 0 Å². The normalized spacial score (nSPS) is 11.3. The van der Waals surface area contributed by atoms with E-state index in [1.807, 2.05) is 48.5 Å². The average Bonchev–Trinajstić information content (AvgIpc) is 2.99. The molecule has 2 aromatic carbocycles. The Bertz CT molecular complexity index is 1650. The number of hydrogen-bond donors (Lipinski definition) is 3. The summed E-state index contributed by atoms with van der Waals surface area (Å²) in [5.74, 6) is -1.94. The van der Waals surface area contributed by atoms with Gasteiger partial charge in [0.05, 0.1) is 12.6 Å². The number of carboxylic acid groups (broad SMARTS) is 1. The summed E-state index contributed by atoms with van der Waals surface area (Å²) in [7, 11) is 0. The standard InChI is InChI=1S/C32H37N3O3.C2HF3O2/c1-2-18-35-21-24(36)10-6-4-3-5-7-13-29(37)25-11-8-9-12-26(25)32-27-16-14-22(33)19-30(27)38-31-20-23(34)15-17-28(31)32;3-2(4,5)1(6)7/h8-9,11-12,14-17,19-20,33,35H,2-7,10,13,18,21,34H2,1H3;(H,6,7). The molecule has 0 spiro atoms. The minimum Gasteiger partial charge on any atom is -0.542 e. The third-order valence-corrected chi connectivity index (χ3v) is 7.11. The number of ketones is 2. The Hall–Kier alpha value is -4.51. The van der Waals surface area contributed by atoms with Crippen molar-refractivity contribution in [2.24, 2.45) is 0 Å². The molecule has 1 heterocycles. The number of nitrogens with two attached hydrogens (primary N) is 2. The van der Waals surface area contributed by atoms with Gasteiger partial charge in [-0.2, -0.15) is 13.2 Å². The summed E-state index contributed by atoms with van der Waals surface area (Å²) in [4.78, 5) is 34.1. The highest BCUT2D eigenvalue weighted by Gasteiger charge is 2.29. The number of unbranched alkanes of at least 4 members (excludes halogenated alkanes) is 4. The van der Waals surface area contributed by atoms with Gasteiger partial charge in [0.25, 0.3) is 0 Å². The molecule has 5 N–H and O–H groups in total. The predicted molar refractivity (Wildman–Crippen MR) is 164 cm³/mol. The highest BCUT2D eigenvalue weighted by molar-refractivity contribution is 6.09. The van der Waals surface area contributed by atoms with Crippen molar-refractivity contribution in [2.45, 2.75) is 64.5 Å². The molecule has 1 aliphatic carbocycles. The topological polar surface area (TPSA) is 151 Å². The lowest BCUT2D eigenvalue weighted by Crippen LogP contribution is -2.44. The van der Waals surface area contributed by atoms with Gasteiger partial charge in [-0.3, -0.25) is 15.0 Å². The summed E-state index contributed by atoms with van der Waals surface area (Å²) in [6.07, 6.45) is 1.73. The Morgan fingerprint density at radius 2 is 1.58 bits per heavy atom. The highest BCUT2D eigenvalue weighted by atomic mass is 19.4. The fourth-order valence-electron chi connectivity index (χ4n) is 4.92. The van der Waals surface area contributed by atoms with Crippen molar-refractivity contribution in [1.29, 1.82) is 0 Å². The zero-order chi connectivity index (χ0) is 33.0. The molecule has 240 valence electrons. The van der Waals surface area contributed by atoms with Crippen LogP contribution in [-0.2, 0) is 9.59 Å². The molecular weight excluding hydrogens is 587 g/mol. The van der Waals surface area contributed by atoms with Crippen molar-refractivity contribution in [2.75, 3.05) is 18.8 Å². The molecule has 45 heavy (non-hydrogen) atoms. The third-order valence-electron chi connectivity index (χ3n) is 7.11. The average molecular weight is 626 g/mol. The first-order valence-electron chi connectivity index (χ1n) is 14.9. The maximum atomic E-state index is 13.4. The molecule has 2 aliphatic rings. The van der Waals surface area contributed by atoms with Gasteiger partial charge >= 0.3 is 6.18 Å². The van der Waals surface area contributed by atoms with Crippen molar-refractivity contribution in [1.82, 2.24) is 5.32 Å². The molecular formula is C34H38F3N3O5. The lowest BCUT2D eigenvalue weighted by molar-refractivity contribution is -0.344. The van der Waals surface area contributed by atoms with Crippen molar-refractivity contribution in [3.63, 3.8) is 0 Å². The minimum atomic E-state index is -5.19. The van der Waals surface area contributed by atoms with Gasteiger partial charge in [-0.25, -0.2) is 0 Å². The van der Waals surface area contributed by atoms with Crippen LogP contribution in [0.25, 0.3) is 33.4 Å². The van der Waals surface area contributed by atoms with E-state index in [-0.39, 0.29) is 11.6 Å². The highest BCUT2D eigenvalue weighted by Crippen LogP contribution is 2.41. The summed E-state index contributed by atoms with van der Waals surface area (Å²) in [5.41, 5.74) is 10.7. The van der Waals surface area contributed by atoms with Crippen LogP contribution in [0.3, 0.4) is 0 Å². The van der Waals surface area contributed by atoms with E-state index in [0.717, 1.165) is 67.1 Å². The van der Waals surface area contributed by atoms with Crippen LogP contribution in [-0.4, -0.2) is 36.8 Å². The maximum absolute atomic E-state index is 13.4. The van der Waals surface area contributed by atoms with Gasteiger partial charge in [-0.15, -0.1) is 0 Å². The summed E-state index contributed by atoms with van der Waals surface area (Å²) in [6.45, 7) is 3.46. The Labute approximate surface area is 259 Å². The number of halogens is 3. The van der Waals surface area contributed by atoms with Crippen LogP contribution in [0.5, 0.6) is 0 Å². The van der Waals surface area contributed by atoms with E-state index < -0.39 is 12.1 Å². The minimum absolute atomic E-state index is 0.130. The molecule has 0 radical (unpaired) electrons. The summed E-state index contributed by atoms with van der Waals surface area (Å²) in [6, 6.07) is 19.0. The number of aliphatic carboxylic acids is 1. The monoisotopic (exact) mass is 625 g/mol. The number of nitrogens with one attached hydrogen (secondary N) is 1. The smallest absolute Gasteiger partial charge is 0.430 e. The van der Waals surface area contributed by atoms with E-state index in [1.54, 1.807) is 12.1 Å². The second-order valence-corrected chi connectivity index (χ2v) is 10.7. The van der Waals surface area contributed by atoms with Gasteiger partial charge < -0.3 is 25.4 Å². The number of alkyl halides is 3. The molecule has 4 rings (SSSR count). The summed E-state index contributed by atoms with van der Waals surface area (Å²) >= 11 is 0. The second-order valence-electron chi connectivity index (χ2n) is 10.7. The molecule has 0 unspecified atom stereocenters. The van der Waals surface area contributed by atoms with Gasteiger partial charge in [0.1, 0.15) is 23.1 Å². The lowest BCUT2D eigenvalue weighted by Gasteiger charge is -2.17. The first kappa shape index (κ1) is 35.0. The van der Waals surface area contributed by atoms with Crippen molar-refractivity contribution >= 4 is 34.2 Å². The second kappa shape index (κ2) is 16.5. The van der Waals surface area contributed by atoms with Crippen LogP contribution < -0.4 is 26.9 Å². The number of benzene rings is 3. The van der Waals surface area contributed by atoms with Gasteiger partial charge in [0, 0.05) is 52.7 Å². The molecule has 11 heteroatoms. The molecule has 0 bridgehead atoms. The van der Waals surface area contributed by atoms with Crippen molar-refractivity contribution < 1.29 is 42.5 Å². The molecule has 0 saturated heterocycles. The molecule has 2 aromatic rings. The van der Waals surface area contributed by atoms with Crippen LogP contribution in [0.15, 0.2) is 65.1 Å². The number of carbonyl (C=O) groups is 3. The number of carbonyl (C=O) groups excluding carboxylic acids is 3. The first-order valence-corrected chi connectivity index (χ1v) is 14.9. The third kappa shape index (κ3) is 10.3. The lowest BCUT2D eigenvalue weighted by atomic mass is 9.88. The van der Waals surface area contributed by atoms with Gasteiger partial charge in [0.2, 0.25) is 0 Å². The molecule has 0 saturated carbocycles. The van der Waals surface area contributed by atoms with Gasteiger partial charge in [-0.1, -0.05) is 50.5 Å². The number of carboxylic acids is 1. The van der Waals surface area contributed by atoms with Gasteiger partial charge in [-0.05, 0) is 49.6 Å². The SMILES string of the molecule is CCCNCC(=O)CCCCCCCC(=O)c1ccccc1-c1c2ccc(=[NH2+])cc-2oc2cc(N)ccc12.O=C([O-])C(F)(F)F. The molecule has 0 atom stereocenters.